The Bertz CT molecular complexity index is 414. The Balaban J connectivity index is 0. The lowest BCUT2D eigenvalue weighted by Crippen LogP contribution is -2.44. The third-order valence-electron chi connectivity index (χ3n) is 4.66. The smallest absolute Gasteiger partial charge is 0.377 e. The second kappa shape index (κ2) is 16.7. The van der Waals surface area contributed by atoms with Gasteiger partial charge in [0.2, 0.25) is 0 Å². The molecule has 0 amide bonds. The van der Waals surface area contributed by atoms with Crippen molar-refractivity contribution < 1.29 is 13.3 Å². The molecule has 1 aromatic rings. The normalized spacial score (nSPS) is 12.2. The lowest BCUT2D eigenvalue weighted by molar-refractivity contribution is 0.117. The van der Waals surface area contributed by atoms with Gasteiger partial charge < -0.3 is 25.2 Å². The summed E-state index contributed by atoms with van der Waals surface area (Å²) in [4.78, 5) is 0. The van der Waals surface area contributed by atoms with Gasteiger partial charge in [-0.15, -0.1) is 12.4 Å². The number of benzene rings is 1. The highest BCUT2D eigenvalue weighted by atomic mass is 35.5. The van der Waals surface area contributed by atoms with Crippen molar-refractivity contribution in [1.82, 2.24) is 6.15 Å². The summed E-state index contributed by atoms with van der Waals surface area (Å²) in [5.41, 5.74) is 6.93. The van der Waals surface area contributed by atoms with Crippen molar-refractivity contribution >= 4 is 21.2 Å². The topological polar surface area (TPSA) is 88.7 Å². The van der Waals surface area contributed by atoms with E-state index >= 15 is 0 Å². The van der Waals surface area contributed by atoms with E-state index in [2.05, 4.69) is 30.3 Å². The van der Waals surface area contributed by atoms with Crippen LogP contribution in [0.2, 0.25) is 6.04 Å². The Kier molecular flexibility index (Phi) is 17.8. The number of rotatable bonds is 14. The summed E-state index contributed by atoms with van der Waals surface area (Å²) in [5.74, 6) is 0.522. The first-order chi connectivity index (χ1) is 11.7. The van der Waals surface area contributed by atoms with Crippen LogP contribution < -0.4 is 11.9 Å². The number of halogens is 1. The van der Waals surface area contributed by atoms with Crippen molar-refractivity contribution in [2.24, 2.45) is 11.7 Å². The SMILES string of the molecule is CO[Si](CC(CCCCCCCN)Cc1ccccc1)(OC)OC.Cl.N. The van der Waals surface area contributed by atoms with Gasteiger partial charge in [-0.05, 0) is 30.9 Å². The Morgan fingerprint density at radius 2 is 1.42 bits per heavy atom. The first-order valence-corrected chi connectivity index (χ1v) is 11.0. The third kappa shape index (κ3) is 10.6. The summed E-state index contributed by atoms with van der Waals surface area (Å²) < 4.78 is 16.9. The minimum atomic E-state index is -2.53. The number of hydrogen-bond donors (Lipinski definition) is 2. The van der Waals surface area contributed by atoms with E-state index in [1.54, 1.807) is 21.3 Å². The maximum absolute atomic E-state index is 5.64. The standard InChI is InChI=1S/C19H35NO3Si.ClH.H3N/c1-21-24(22-2,23-3)17-19(14-8-5-4-6-11-15-20)16-18-12-9-7-10-13-18;;/h7,9-10,12-13,19H,4-6,8,11,14-17,20H2,1-3H3;1H;1H3. The molecule has 0 aliphatic heterocycles. The summed E-state index contributed by atoms with van der Waals surface area (Å²) in [7, 11) is 2.57. The molecule has 5 N–H and O–H groups in total. The van der Waals surface area contributed by atoms with Crippen LogP contribution in [0.15, 0.2) is 30.3 Å². The number of unbranched alkanes of at least 4 members (excludes halogenated alkanes) is 4. The molecule has 7 heteroatoms. The van der Waals surface area contributed by atoms with E-state index in [0.717, 1.165) is 25.4 Å². The zero-order valence-corrected chi connectivity index (χ0v) is 18.6. The third-order valence-corrected chi connectivity index (χ3v) is 7.60. The van der Waals surface area contributed by atoms with Gasteiger partial charge in [0.1, 0.15) is 0 Å². The van der Waals surface area contributed by atoms with Gasteiger partial charge in [0, 0.05) is 27.4 Å². The van der Waals surface area contributed by atoms with Crippen LogP contribution in [0.3, 0.4) is 0 Å². The van der Waals surface area contributed by atoms with E-state index in [-0.39, 0.29) is 18.6 Å². The number of hydrogen-bond acceptors (Lipinski definition) is 5. The molecule has 0 radical (unpaired) electrons. The van der Waals surface area contributed by atoms with Crippen molar-refractivity contribution in [3.8, 4) is 0 Å². The Morgan fingerprint density at radius 1 is 0.885 bits per heavy atom. The molecule has 0 spiro atoms. The van der Waals surface area contributed by atoms with E-state index in [9.17, 15) is 0 Å². The van der Waals surface area contributed by atoms with E-state index < -0.39 is 8.80 Å². The molecule has 0 aliphatic rings. The van der Waals surface area contributed by atoms with Gasteiger partial charge in [-0.3, -0.25) is 0 Å². The van der Waals surface area contributed by atoms with Gasteiger partial charge in [0.15, 0.2) is 0 Å². The van der Waals surface area contributed by atoms with Gasteiger partial charge in [-0.1, -0.05) is 62.4 Å². The fourth-order valence-electron chi connectivity index (χ4n) is 3.18. The molecule has 0 saturated heterocycles. The molecule has 154 valence electrons. The van der Waals surface area contributed by atoms with Gasteiger partial charge >= 0.3 is 8.80 Å². The van der Waals surface area contributed by atoms with Crippen LogP contribution in [-0.4, -0.2) is 36.7 Å². The summed E-state index contributed by atoms with van der Waals surface area (Å²) in [6, 6.07) is 11.5. The van der Waals surface area contributed by atoms with Crippen LogP contribution in [-0.2, 0) is 19.7 Å². The van der Waals surface area contributed by atoms with Crippen LogP contribution in [0, 0.1) is 5.92 Å². The van der Waals surface area contributed by atoms with Crippen LogP contribution in [0.1, 0.15) is 44.1 Å². The maximum atomic E-state index is 5.64. The summed E-state index contributed by atoms with van der Waals surface area (Å²) in [6.45, 7) is 0.806. The van der Waals surface area contributed by atoms with Crippen molar-refractivity contribution in [1.29, 1.82) is 0 Å². The molecule has 0 bridgehead atoms. The Morgan fingerprint density at radius 3 is 1.96 bits per heavy atom. The highest BCUT2D eigenvalue weighted by Gasteiger charge is 2.40. The van der Waals surface area contributed by atoms with Crippen LogP contribution in [0.25, 0.3) is 0 Å². The molecule has 1 rings (SSSR count). The molecule has 1 aromatic carbocycles. The molecule has 5 nitrogen and oxygen atoms in total. The Labute approximate surface area is 167 Å². The van der Waals surface area contributed by atoms with Crippen LogP contribution >= 0.6 is 12.4 Å². The Hall–Kier alpha value is -0.473. The molecular formula is C19H39ClN2O3Si. The van der Waals surface area contributed by atoms with E-state index in [4.69, 9.17) is 19.0 Å². The van der Waals surface area contributed by atoms with Crippen LogP contribution in [0.5, 0.6) is 0 Å². The number of nitrogens with two attached hydrogens (primary N) is 1. The lowest BCUT2D eigenvalue weighted by atomic mass is 9.95. The van der Waals surface area contributed by atoms with Gasteiger partial charge in [0.05, 0.1) is 0 Å². The van der Waals surface area contributed by atoms with E-state index in [0.29, 0.717) is 5.92 Å². The molecule has 0 aromatic heterocycles. The monoisotopic (exact) mass is 406 g/mol. The van der Waals surface area contributed by atoms with Gasteiger partial charge in [0.25, 0.3) is 0 Å². The summed E-state index contributed by atoms with van der Waals surface area (Å²) >= 11 is 0. The second-order valence-electron chi connectivity index (χ2n) is 6.40. The molecule has 0 fully saturated rings. The van der Waals surface area contributed by atoms with Crippen molar-refractivity contribution in [2.45, 2.75) is 51.0 Å². The van der Waals surface area contributed by atoms with Gasteiger partial charge in [-0.25, -0.2) is 0 Å². The maximum Gasteiger partial charge on any atom is 0.500 e. The summed E-state index contributed by atoms with van der Waals surface area (Å²) in [5, 5.41) is 0. The molecule has 0 heterocycles. The highest BCUT2D eigenvalue weighted by molar-refractivity contribution is 6.60. The zero-order valence-electron chi connectivity index (χ0n) is 16.7. The largest absolute Gasteiger partial charge is 0.500 e. The summed E-state index contributed by atoms with van der Waals surface area (Å²) in [6.07, 6.45) is 8.40. The molecule has 0 aliphatic carbocycles. The van der Waals surface area contributed by atoms with E-state index in [1.165, 1.54) is 37.7 Å². The molecular weight excluding hydrogens is 368 g/mol. The predicted octanol–water partition coefficient (Wildman–Crippen LogP) is 4.61. The lowest BCUT2D eigenvalue weighted by Gasteiger charge is -2.29. The molecule has 1 unspecified atom stereocenters. The minimum Gasteiger partial charge on any atom is -0.377 e. The highest BCUT2D eigenvalue weighted by Crippen LogP contribution is 2.27. The predicted molar refractivity (Wildman–Crippen MR) is 114 cm³/mol. The second-order valence-corrected chi connectivity index (χ2v) is 9.40. The zero-order chi connectivity index (χ0) is 17.7. The van der Waals surface area contributed by atoms with E-state index in [1.807, 2.05) is 0 Å². The van der Waals surface area contributed by atoms with Crippen molar-refractivity contribution in [2.75, 3.05) is 27.9 Å². The first-order valence-electron chi connectivity index (χ1n) is 9.09. The quantitative estimate of drug-likeness (QED) is 0.348. The van der Waals surface area contributed by atoms with Crippen molar-refractivity contribution in [3.05, 3.63) is 35.9 Å². The van der Waals surface area contributed by atoms with Gasteiger partial charge in [-0.2, -0.15) is 0 Å². The average Bonchev–Trinajstić information content (AvgIpc) is 2.63. The van der Waals surface area contributed by atoms with Crippen molar-refractivity contribution in [3.63, 3.8) is 0 Å². The average molecular weight is 407 g/mol. The molecule has 0 saturated carbocycles. The fourth-order valence-corrected chi connectivity index (χ4v) is 5.24. The first kappa shape index (κ1) is 27.7. The molecule has 1 atom stereocenters. The minimum absolute atomic E-state index is 0. The molecule has 26 heavy (non-hydrogen) atoms. The fraction of sp³-hybridized carbons (Fsp3) is 0.684. The van der Waals surface area contributed by atoms with Crippen LogP contribution in [0.4, 0.5) is 0 Å².